The summed E-state index contributed by atoms with van der Waals surface area (Å²) < 4.78 is 0. The van der Waals surface area contributed by atoms with E-state index in [0.29, 0.717) is 30.2 Å². The molecule has 7 aliphatic rings. The molecular weight excluding hydrogens is 919 g/mol. The van der Waals surface area contributed by atoms with Crippen molar-refractivity contribution in [1.82, 2.24) is 34.7 Å². The molecule has 16 nitrogen and oxygen atoms in total. The number of aromatic amines is 5. The monoisotopic (exact) mass is 1000 g/mol. The summed E-state index contributed by atoms with van der Waals surface area (Å²) in [5.41, 5.74) is 12.7. The first kappa shape index (κ1) is 54.8. The number of aryl methyl sites for hydroxylation is 5. The Kier molecular flexibility index (Phi) is 21.4. The fraction of sp³-hybridized carbons (Fsp3) is 0.561. The van der Waals surface area contributed by atoms with Gasteiger partial charge in [-0.05, 0) is 172 Å². The second kappa shape index (κ2) is 28.5. The number of amides is 2. The SMILES string of the molecule is N=C1CCCc2[nH]ccc21.O.O=C(CCN1CCCCC1)N1CCCCc2[nH]ccc21.O=C1CCCc2[nH]ccc21.O=Cc1cc2c([nH]1)CCCCN2C(=O)CCN1CCCCC1.c1cc2c([nH]1)CCCCN2. The van der Waals surface area contributed by atoms with Gasteiger partial charge in [0, 0.05) is 122 Å². The number of carbonyl (C=O) groups is 4. The minimum absolute atomic E-state index is 0. The van der Waals surface area contributed by atoms with Crippen LogP contribution in [0, 0.1) is 5.41 Å². The second-order valence-electron chi connectivity index (χ2n) is 20.5. The zero-order chi connectivity index (χ0) is 49.9. The average molecular weight is 1000 g/mol. The van der Waals surface area contributed by atoms with E-state index in [1.54, 1.807) is 0 Å². The van der Waals surface area contributed by atoms with Crippen LogP contribution in [0.5, 0.6) is 0 Å². The highest BCUT2D eigenvalue weighted by molar-refractivity contribution is 6.00. The van der Waals surface area contributed by atoms with Gasteiger partial charge in [0.15, 0.2) is 12.1 Å². The summed E-state index contributed by atoms with van der Waals surface area (Å²) >= 11 is 0. The predicted octanol–water partition coefficient (Wildman–Crippen LogP) is 9.12. The third-order valence-corrected chi connectivity index (χ3v) is 15.3. The van der Waals surface area contributed by atoms with Crippen molar-refractivity contribution in [3.63, 3.8) is 0 Å². The van der Waals surface area contributed by atoms with Crippen LogP contribution >= 0.6 is 0 Å². The number of hydrogen-bond donors (Lipinski definition) is 7. The fourth-order valence-corrected chi connectivity index (χ4v) is 11.2. The normalized spacial score (nSPS) is 18.5. The number of carbonyl (C=O) groups excluding carboxylic acids is 4. The number of ketones is 1. The summed E-state index contributed by atoms with van der Waals surface area (Å²) in [6, 6.07) is 9.86. The molecule has 0 spiro atoms. The molecule has 2 amide bonds. The molecule has 5 aromatic rings. The van der Waals surface area contributed by atoms with Gasteiger partial charge in [-0.25, -0.2) is 0 Å². The quantitative estimate of drug-likeness (QED) is 0.0782. The lowest BCUT2D eigenvalue weighted by Crippen LogP contribution is -2.36. The number of aldehydes is 1. The Bertz CT molecular complexity index is 2420. The first-order chi connectivity index (χ1) is 35.3. The molecule has 16 heteroatoms. The van der Waals surface area contributed by atoms with Gasteiger partial charge < -0.3 is 60.7 Å². The number of likely N-dealkylation sites (tertiary alicyclic amines) is 2. The van der Waals surface area contributed by atoms with Gasteiger partial charge >= 0.3 is 0 Å². The molecule has 0 radical (unpaired) electrons. The molecule has 0 atom stereocenters. The highest BCUT2D eigenvalue weighted by atomic mass is 16.2. The molecule has 2 aliphatic carbocycles. The fourth-order valence-electron chi connectivity index (χ4n) is 11.2. The van der Waals surface area contributed by atoms with Crippen molar-refractivity contribution >= 4 is 46.7 Å². The van der Waals surface area contributed by atoms with Crippen LogP contribution in [0.25, 0.3) is 0 Å². The Morgan fingerprint density at radius 2 is 1.03 bits per heavy atom. The average Bonchev–Trinajstić information content (AvgIpc) is 4.28. The van der Waals surface area contributed by atoms with E-state index in [9.17, 15) is 19.2 Å². The summed E-state index contributed by atoms with van der Waals surface area (Å²) in [4.78, 5) is 71.9. The molecule has 0 aromatic carbocycles. The van der Waals surface area contributed by atoms with Crippen LogP contribution in [0.15, 0.2) is 55.1 Å². The van der Waals surface area contributed by atoms with Crippen LogP contribution in [-0.4, -0.2) is 129 Å². The molecular formula is C57H83N11O5. The molecule has 12 rings (SSSR count). The lowest BCUT2D eigenvalue weighted by Gasteiger charge is -2.27. The maximum atomic E-state index is 12.7. The Labute approximate surface area is 432 Å². The number of nitrogens with zero attached hydrogens (tertiary/aromatic N) is 4. The minimum atomic E-state index is 0. The van der Waals surface area contributed by atoms with E-state index < -0.39 is 0 Å². The van der Waals surface area contributed by atoms with E-state index in [0.717, 1.165) is 162 Å². The van der Waals surface area contributed by atoms with Crippen molar-refractivity contribution in [2.75, 3.05) is 74.0 Å². The highest BCUT2D eigenvalue weighted by Crippen LogP contribution is 2.29. The Morgan fingerprint density at radius 3 is 1.67 bits per heavy atom. The molecule has 396 valence electrons. The number of Topliss-reactive ketones (excluding diaryl/α,β-unsaturated/α-hetero) is 1. The summed E-state index contributed by atoms with van der Waals surface area (Å²) in [6.07, 6.45) is 33.6. The number of piperidine rings is 2. The van der Waals surface area contributed by atoms with Crippen molar-refractivity contribution in [3.8, 4) is 0 Å². The van der Waals surface area contributed by atoms with Crippen molar-refractivity contribution in [2.45, 2.75) is 148 Å². The topological polar surface area (TPSA) is 228 Å². The van der Waals surface area contributed by atoms with Crippen LogP contribution in [0.1, 0.15) is 170 Å². The van der Waals surface area contributed by atoms with E-state index in [1.807, 2.05) is 52.8 Å². The van der Waals surface area contributed by atoms with Crippen LogP contribution in [-0.2, 0) is 41.7 Å². The second-order valence-corrected chi connectivity index (χ2v) is 20.5. The molecule has 10 heterocycles. The molecule has 0 saturated carbocycles. The zero-order valence-corrected chi connectivity index (χ0v) is 43.3. The van der Waals surface area contributed by atoms with Crippen LogP contribution < -0.4 is 15.1 Å². The number of rotatable bonds is 7. The van der Waals surface area contributed by atoms with Crippen molar-refractivity contribution in [3.05, 3.63) is 100 Å². The van der Waals surface area contributed by atoms with Gasteiger partial charge in [0.1, 0.15) is 0 Å². The maximum Gasteiger partial charge on any atom is 0.228 e. The lowest BCUT2D eigenvalue weighted by molar-refractivity contribution is -0.119. The van der Waals surface area contributed by atoms with Gasteiger partial charge in [-0.3, -0.25) is 19.2 Å². The summed E-state index contributed by atoms with van der Waals surface area (Å²) in [5, 5.41) is 10.9. The summed E-state index contributed by atoms with van der Waals surface area (Å²) in [7, 11) is 0. The molecule has 0 bridgehead atoms. The third-order valence-electron chi connectivity index (χ3n) is 15.3. The predicted molar refractivity (Wildman–Crippen MR) is 292 cm³/mol. The molecule has 5 aromatic heterocycles. The van der Waals surface area contributed by atoms with Crippen molar-refractivity contribution in [1.29, 1.82) is 5.41 Å². The van der Waals surface area contributed by atoms with Crippen LogP contribution in [0.3, 0.4) is 0 Å². The number of fused-ring (bicyclic) bond motifs is 5. The van der Waals surface area contributed by atoms with Gasteiger partial charge in [-0.2, -0.15) is 0 Å². The molecule has 2 fully saturated rings. The summed E-state index contributed by atoms with van der Waals surface area (Å²) in [6.45, 7) is 9.14. The molecule has 9 N–H and O–H groups in total. The molecule has 2 saturated heterocycles. The van der Waals surface area contributed by atoms with Gasteiger partial charge in [-0.15, -0.1) is 0 Å². The van der Waals surface area contributed by atoms with E-state index in [-0.39, 0.29) is 11.4 Å². The number of anilines is 3. The largest absolute Gasteiger partial charge is 0.412 e. The standard InChI is InChI=1S/C17H25N3O2.C16H25N3O.C8H10N2.C8H12N2.C8H9NO.H2O/c21-13-14-12-16-15(18-14)6-2-5-10-20(16)17(22)7-11-19-8-3-1-4-9-19;20-16(8-13-18-10-3-1-4-11-18)19-12-5-2-6-14-15(19)7-9-17-14;9-7-2-1-3-8-6(7)4-5-10-8;1-2-5-9-8-4-6-10-7(8)3-1;10-8-3-1-2-7-6(8)4-5-9-7;/h12-13,18H,1-11H2;7,9,17H,1-6,8,10-13H2;4-5,9-10H,1-3H2;4,6,9-10H,1-3,5H2;4-5,9H,1-3H2;1H2. The van der Waals surface area contributed by atoms with E-state index in [4.69, 9.17) is 5.41 Å². The smallest absolute Gasteiger partial charge is 0.228 e. The van der Waals surface area contributed by atoms with Crippen LogP contribution in [0.4, 0.5) is 17.1 Å². The van der Waals surface area contributed by atoms with E-state index >= 15 is 0 Å². The first-order valence-electron chi connectivity index (χ1n) is 27.6. The van der Waals surface area contributed by atoms with Gasteiger partial charge in [0.05, 0.1) is 22.8 Å². The third kappa shape index (κ3) is 15.5. The Balaban J connectivity index is 0.000000139. The molecule has 73 heavy (non-hydrogen) atoms. The van der Waals surface area contributed by atoms with Gasteiger partial charge in [0.25, 0.3) is 0 Å². The summed E-state index contributed by atoms with van der Waals surface area (Å²) in [5.74, 6) is 0.769. The minimum Gasteiger partial charge on any atom is -0.412 e. The Morgan fingerprint density at radius 1 is 0.521 bits per heavy atom. The lowest BCUT2D eigenvalue weighted by atomic mass is 9.96. The van der Waals surface area contributed by atoms with E-state index in [2.05, 4.69) is 52.2 Å². The highest BCUT2D eigenvalue weighted by Gasteiger charge is 2.25. The van der Waals surface area contributed by atoms with Crippen molar-refractivity contribution in [2.24, 2.45) is 0 Å². The van der Waals surface area contributed by atoms with Gasteiger partial charge in [-0.1, -0.05) is 12.8 Å². The number of nitrogens with one attached hydrogen (secondary N) is 7. The number of H-pyrrole nitrogens is 5. The Hall–Kier alpha value is -5.97. The maximum absolute atomic E-state index is 12.7. The first-order valence-corrected chi connectivity index (χ1v) is 27.6. The number of aromatic nitrogens is 5. The zero-order valence-electron chi connectivity index (χ0n) is 43.3. The van der Waals surface area contributed by atoms with E-state index in [1.165, 1.54) is 100 Å². The van der Waals surface area contributed by atoms with Crippen LogP contribution in [0.2, 0.25) is 0 Å². The molecule has 5 aliphatic heterocycles. The number of hydrogen-bond acceptors (Lipinski definition) is 8. The van der Waals surface area contributed by atoms with Crippen molar-refractivity contribution < 1.29 is 24.7 Å². The van der Waals surface area contributed by atoms with Gasteiger partial charge in [0.2, 0.25) is 11.8 Å². The molecule has 0 unspecified atom stereocenters.